The number of imide groups is 2. The number of pyridine rings is 1. The van der Waals surface area contributed by atoms with Crippen LogP contribution in [0.25, 0.3) is 11.5 Å². The summed E-state index contributed by atoms with van der Waals surface area (Å²) in [7, 11) is 1.67. The minimum atomic E-state index is -1.46. The summed E-state index contributed by atoms with van der Waals surface area (Å²) in [5, 5.41) is 4.40. The Hall–Kier alpha value is -4.25. The lowest BCUT2D eigenvalue weighted by Gasteiger charge is -2.38. The monoisotopic (exact) mass is 491 g/mol. The number of nitrogens with one attached hydrogen (secondary N) is 2. The molecular formula is C25H25N5O6. The van der Waals surface area contributed by atoms with Crippen molar-refractivity contribution in [3.63, 3.8) is 0 Å². The van der Waals surface area contributed by atoms with Crippen LogP contribution in [0.3, 0.4) is 0 Å². The Bertz CT molecular complexity index is 1250. The largest absolute Gasteiger partial charge is 0.444 e. The number of ether oxygens (including phenoxy) is 2. The molecule has 1 spiro atoms. The molecule has 2 aliphatic rings. The molecule has 2 aliphatic heterocycles. The number of carbonyl (C=O) groups is 3. The summed E-state index contributed by atoms with van der Waals surface area (Å²) in [4.78, 5) is 47.3. The Morgan fingerprint density at radius 3 is 2.56 bits per heavy atom. The first-order chi connectivity index (χ1) is 17.5. The van der Waals surface area contributed by atoms with Gasteiger partial charge >= 0.3 is 6.03 Å². The zero-order valence-corrected chi connectivity index (χ0v) is 19.7. The van der Waals surface area contributed by atoms with Crippen molar-refractivity contribution in [3.05, 3.63) is 54.6 Å². The van der Waals surface area contributed by atoms with Crippen molar-refractivity contribution in [1.82, 2.24) is 20.6 Å². The van der Waals surface area contributed by atoms with E-state index in [1.165, 1.54) is 0 Å². The van der Waals surface area contributed by atoms with Crippen LogP contribution < -0.4 is 20.3 Å². The van der Waals surface area contributed by atoms with Gasteiger partial charge in [-0.15, -0.1) is 0 Å². The van der Waals surface area contributed by atoms with Gasteiger partial charge in [-0.1, -0.05) is 0 Å². The fourth-order valence-corrected chi connectivity index (χ4v) is 4.52. The lowest BCUT2D eigenvalue weighted by molar-refractivity contribution is -0.137. The molecule has 4 amide bonds. The van der Waals surface area contributed by atoms with Gasteiger partial charge in [0.15, 0.2) is 5.54 Å². The molecule has 0 unspecified atom stereocenters. The number of hydrogen-bond donors (Lipinski definition) is 2. The Labute approximate surface area is 206 Å². The Morgan fingerprint density at radius 1 is 1.08 bits per heavy atom. The van der Waals surface area contributed by atoms with E-state index in [2.05, 4.69) is 20.6 Å². The first-order valence-electron chi connectivity index (χ1n) is 11.6. The molecule has 2 saturated heterocycles. The Balaban J connectivity index is 1.25. The summed E-state index contributed by atoms with van der Waals surface area (Å²) in [6.07, 6.45) is 5.79. The second-order valence-electron chi connectivity index (χ2n) is 8.57. The molecule has 1 aromatic carbocycles. The van der Waals surface area contributed by atoms with Gasteiger partial charge in [0.1, 0.15) is 12.0 Å². The van der Waals surface area contributed by atoms with Gasteiger partial charge in [-0.25, -0.2) is 14.8 Å². The number of amides is 4. The summed E-state index contributed by atoms with van der Waals surface area (Å²) in [6.45, 7) is 1.15. The second kappa shape index (κ2) is 9.78. The summed E-state index contributed by atoms with van der Waals surface area (Å²) in [5.74, 6) is 0.218. The lowest BCUT2D eigenvalue weighted by Crippen LogP contribution is -2.71. The van der Waals surface area contributed by atoms with Crippen LogP contribution in [-0.4, -0.2) is 53.6 Å². The van der Waals surface area contributed by atoms with Crippen LogP contribution in [0.2, 0.25) is 0 Å². The number of aryl methyl sites for hydroxylation is 1. The number of benzene rings is 1. The lowest BCUT2D eigenvalue weighted by atomic mass is 9.92. The fraction of sp³-hybridized carbons (Fsp3) is 0.320. The van der Waals surface area contributed by atoms with Crippen molar-refractivity contribution in [3.8, 4) is 23.1 Å². The van der Waals surface area contributed by atoms with Gasteiger partial charge < -0.3 is 18.8 Å². The van der Waals surface area contributed by atoms with Crippen molar-refractivity contribution < 1.29 is 28.3 Å². The van der Waals surface area contributed by atoms with Crippen LogP contribution in [0.4, 0.5) is 10.5 Å². The summed E-state index contributed by atoms with van der Waals surface area (Å²) >= 11 is 0. The highest BCUT2D eigenvalue weighted by atomic mass is 16.5. The van der Waals surface area contributed by atoms with Crippen LogP contribution in [0, 0.1) is 0 Å². The molecule has 0 radical (unpaired) electrons. The number of methoxy groups -OCH3 is 1. The molecule has 5 rings (SSSR count). The topological polar surface area (TPSA) is 136 Å². The molecule has 0 saturated carbocycles. The number of rotatable bonds is 8. The number of oxazole rings is 1. The maximum Gasteiger partial charge on any atom is 0.328 e. The quantitative estimate of drug-likeness (QED) is 0.360. The number of aromatic nitrogens is 2. The minimum Gasteiger partial charge on any atom is -0.444 e. The normalized spacial score (nSPS) is 16.8. The van der Waals surface area contributed by atoms with E-state index in [1.54, 1.807) is 48.7 Å². The van der Waals surface area contributed by atoms with E-state index in [-0.39, 0.29) is 0 Å². The van der Waals surface area contributed by atoms with E-state index >= 15 is 0 Å². The van der Waals surface area contributed by atoms with E-state index in [1.807, 2.05) is 12.1 Å². The second-order valence-corrected chi connectivity index (χ2v) is 8.57. The van der Waals surface area contributed by atoms with Crippen LogP contribution in [-0.2, 0) is 20.7 Å². The van der Waals surface area contributed by atoms with Gasteiger partial charge in [0.2, 0.25) is 11.8 Å². The maximum atomic E-state index is 12.6. The molecule has 2 fully saturated rings. The predicted octanol–water partition coefficient (Wildman–Crippen LogP) is 2.81. The SMILES string of the molecule is COCCCc1coc(-c2ccc(Oc3ccc(N4CCCC45C(=O)NC(=O)NC5=O)cn3)cc2)n1. The van der Waals surface area contributed by atoms with Crippen molar-refractivity contribution in [2.75, 3.05) is 25.2 Å². The van der Waals surface area contributed by atoms with Crippen molar-refractivity contribution in [2.24, 2.45) is 0 Å². The van der Waals surface area contributed by atoms with Gasteiger partial charge in [-0.05, 0) is 56.0 Å². The molecule has 11 nitrogen and oxygen atoms in total. The minimum absolute atomic E-state index is 0.307. The smallest absolute Gasteiger partial charge is 0.328 e. The Kier molecular flexibility index (Phi) is 6.38. The number of barbiturate groups is 1. The third-order valence-corrected chi connectivity index (χ3v) is 6.28. The molecule has 0 aliphatic carbocycles. The molecule has 0 bridgehead atoms. The number of carbonyl (C=O) groups excluding carboxylic acids is 3. The highest BCUT2D eigenvalue weighted by molar-refractivity contribution is 6.24. The van der Waals surface area contributed by atoms with Gasteiger partial charge in [-0.3, -0.25) is 20.2 Å². The number of hydrogen-bond acceptors (Lipinski definition) is 9. The molecule has 3 aromatic rings. The van der Waals surface area contributed by atoms with Gasteiger partial charge in [0, 0.05) is 31.9 Å². The highest BCUT2D eigenvalue weighted by Gasteiger charge is 2.57. The van der Waals surface area contributed by atoms with Gasteiger partial charge in [0.25, 0.3) is 11.8 Å². The standard InChI is InChI=1S/C25H25N5O6/c1-34-13-2-4-17-15-35-21(27-17)16-5-8-19(9-6-16)36-20-10-7-18(14-26-20)30-12-3-11-25(30)22(31)28-24(33)29-23(25)32/h5-10,14-15H,2-4,11-13H2,1H3,(H2,28,29,31,32,33). The van der Waals surface area contributed by atoms with Crippen molar-refractivity contribution in [2.45, 2.75) is 31.2 Å². The van der Waals surface area contributed by atoms with Gasteiger partial charge in [0.05, 0.1) is 17.6 Å². The zero-order chi connectivity index (χ0) is 25.1. The average Bonchev–Trinajstić information content (AvgIpc) is 3.53. The molecule has 0 atom stereocenters. The third-order valence-electron chi connectivity index (χ3n) is 6.28. The maximum absolute atomic E-state index is 12.6. The fourth-order valence-electron chi connectivity index (χ4n) is 4.52. The van der Waals surface area contributed by atoms with E-state index in [9.17, 15) is 14.4 Å². The third kappa shape index (κ3) is 4.40. The summed E-state index contributed by atoms with van der Waals surface area (Å²) in [6, 6.07) is 9.89. The van der Waals surface area contributed by atoms with E-state index in [0.29, 0.717) is 49.2 Å². The molecule has 4 heterocycles. The van der Waals surface area contributed by atoms with Crippen LogP contribution in [0.1, 0.15) is 25.0 Å². The number of anilines is 1. The van der Waals surface area contributed by atoms with Crippen LogP contribution in [0.15, 0.2) is 53.3 Å². The highest BCUT2D eigenvalue weighted by Crippen LogP contribution is 2.36. The summed E-state index contributed by atoms with van der Waals surface area (Å²) in [5.41, 5.74) is 0.823. The molecule has 11 heteroatoms. The average molecular weight is 492 g/mol. The van der Waals surface area contributed by atoms with Crippen molar-refractivity contribution >= 4 is 23.5 Å². The Morgan fingerprint density at radius 2 is 1.86 bits per heavy atom. The van der Waals surface area contributed by atoms with Crippen LogP contribution in [0.5, 0.6) is 11.6 Å². The van der Waals surface area contributed by atoms with E-state index in [4.69, 9.17) is 13.9 Å². The van der Waals surface area contributed by atoms with E-state index < -0.39 is 23.4 Å². The number of nitrogens with zero attached hydrogens (tertiary/aromatic N) is 3. The molecular weight excluding hydrogens is 466 g/mol. The zero-order valence-electron chi connectivity index (χ0n) is 19.7. The molecule has 186 valence electrons. The summed E-state index contributed by atoms with van der Waals surface area (Å²) < 4.78 is 16.5. The molecule has 36 heavy (non-hydrogen) atoms. The molecule has 2 aromatic heterocycles. The predicted molar refractivity (Wildman–Crippen MR) is 127 cm³/mol. The first-order valence-corrected chi connectivity index (χ1v) is 11.6. The number of urea groups is 1. The van der Waals surface area contributed by atoms with E-state index in [0.717, 1.165) is 24.1 Å². The van der Waals surface area contributed by atoms with Crippen LogP contribution >= 0.6 is 0 Å². The first kappa shape index (κ1) is 23.5. The molecule has 2 N–H and O–H groups in total. The van der Waals surface area contributed by atoms with Gasteiger partial charge in [-0.2, -0.15) is 0 Å². The van der Waals surface area contributed by atoms with Crippen molar-refractivity contribution in [1.29, 1.82) is 0 Å².